The van der Waals surface area contributed by atoms with Crippen molar-refractivity contribution in [1.29, 1.82) is 0 Å². The lowest BCUT2D eigenvalue weighted by Crippen LogP contribution is -2.37. The second-order valence-electron chi connectivity index (χ2n) is 8.48. The van der Waals surface area contributed by atoms with Gasteiger partial charge in [-0.2, -0.15) is 4.98 Å². The smallest absolute Gasteiger partial charge is 0.348 e. The highest BCUT2D eigenvalue weighted by molar-refractivity contribution is 5.77. The molecule has 6 nitrogen and oxygen atoms in total. The van der Waals surface area contributed by atoms with E-state index in [1.54, 1.807) is 6.07 Å². The Kier molecular flexibility index (Phi) is 6.33. The molecule has 26 heavy (non-hydrogen) atoms. The second kappa shape index (κ2) is 8.69. The molecule has 2 aliphatic rings. The molecule has 0 saturated heterocycles. The Labute approximate surface area is 155 Å². The van der Waals surface area contributed by atoms with Crippen LogP contribution in [0.3, 0.4) is 0 Å². The highest BCUT2D eigenvalue weighted by Crippen LogP contribution is 2.42. The summed E-state index contributed by atoms with van der Waals surface area (Å²) in [6.07, 6.45) is 8.71. The normalized spacial score (nSPS) is 25.1. The fourth-order valence-electron chi connectivity index (χ4n) is 4.59. The van der Waals surface area contributed by atoms with E-state index >= 15 is 0 Å². The molecule has 1 amide bonds. The molecule has 3 rings (SSSR count). The largest absolute Gasteiger partial charge is 0.467 e. The Hall–Kier alpha value is -1.85. The third-order valence-corrected chi connectivity index (χ3v) is 5.57. The van der Waals surface area contributed by atoms with Gasteiger partial charge in [0.25, 0.3) is 5.91 Å². The number of fused-ring (bicyclic) bond motifs is 2. The summed E-state index contributed by atoms with van der Waals surface area (Å²) in [5.74, 6) is 2.80. The SMILES string of the molecule is CC(C)Cc1cc(OCC(=O)NCC2CC3CCCC(C3)C2)nc(=O)[nH]1. The number of carbonyl (C=O) groups excluding carboxylic acids is 1. The fourth-order valence-corrected chi connectivity index (χ4v) is 4.59. The second-order valence-corrected chi connectivity index (χ2v) is 8.48. The first-order valence-electron chi connectivity index (χ1n) is 9.97. The Balaban J connectivity index is 1.44. The Morgan fingerprint density at radius 1 is 1.31 bits per heavy atom. The van der Waals surface area contributed by atoms with Crippen LogP contribution in [-0.4, -0.2) is 29.0 Å². The summed E-state index contributed by atoms with van der Waals surface area (Å²) in [7, 11) is 0. The molecule has 6 heteroatoms. The van der Waals surface area contributed by atoms with Crippen LogP contribution in [0.15, 0.2) is 10.9 Å². The molecule has 144 valence electrons. The van der Waals surface area contributed by atoms with Crippen LogP contribution in [0.4, 0.5) is 0 Å². The molecule has 0 aromatic carbocycles. The van der Waals surface area contributed by atoms with Crippen LogP contribution in [0.1, 0.15) is 58.1 Å². The molecule has 0 aliphatic heterocycles. The summed E-state index contributed by atoms with van der Waals surface area (Å²) in [5, 5.41) is 3.00. The maximum atomic E-state index is 12.1. The van der Waals surface area contributed by atoms with Gasteiger partial charge in [-0.25, -0.2) is 4.79 Å². The molecule has 0 spiro atoms. The molecule has 1 heterocycles. The van der Waals surface area contributed by atoms with Crippen molar-refractivity contribution in [1.82, 2.24) is 15.3 Å². The average molecular weight is 361 g/mol. The molecule has 2 bridgehead atoms. The van der Waals surface area contributed by atoms with Crippen LogP contribution in [-0.2, 0) is 11.2 Å². The zero-order chi connectivity index (χ0) is 18.5. The minimum absolute atomic E-state index is 0.100. The number of hydrogen-bond donors (Lipinski definition) is 2. The van der Waals surface area contributed by atoms with Crippen LogP contribution in [0.2, 0.25) is 0 Å². The van der Waals surface area contributed by atoms with Gasteiger partial charge in [-0.1, -0.05) is 33.1 Å². The molecule has 0 radical (unpaired) electrons. The molecule has 2 aliphatic carbocycles. The minimum Gasteiger partial charge on any atom is -0.467 e. The Bertz CT molecular complexity index is 659. The number of ether oxygens (including phenoxy) is 1. The van der Waals surface area contributed by atoms with Gasteiger partial charge in [0.05, 0.1) is 0 Å². The number of hydrogen-bond acceptors (Lipinski definition) is 4. The van der Waals surface area contributed by atoms with Crippen molar-refractivity contribution in [2.24, 2.45) is 23.7 Å². The third-order valence-electron chi connectivity index (χ3n) is 5.57. The highest BCUT2D eigenvalue weighted by atomic mass is 16.5. The molecule has 1 aromatic heterocycles. The number of amides is 1. The summed E-state index contributed by atoms with van der Waals surface area (Å²) < 4.78 is 5.44. The summed E-state index contributed by atoms with van der Waals surface area (Å²) in [5.41, 5.74) is 0.344. The predicted octanol–water partition coefficient (Wildman–Crippen LogP) is 2.68. The molecule has 2 atom stereocenters. The quantitative estimate of drug-likeness (QED) is 0.782. The minimum atomic E-state index is -0.438. The van der Waals surface area contributed by atoms with Crippen molar-refractivity contribution in [3.05, 3.63) is 22.2 Å². The van der Waals surface area contributed by atoms with E-state index in [1.165, 1.54) is 38.5 Å². The number of carbonyl (C=O) groups is 1. The van der Waals surface area contributed by atoms with Crippen molar-refractivity contribution in [2.45, 2.75) is 58.8 Å². The summed E-state index contributed by atoms with van der Waals surface area (Å²) in [6.45, 7) is 4.78. The van der Waals surface area contributed by atoms with Crippen molar-refractivity contribution >= 4 is 5.91 Å². The van der Waals surface area contributed by atoms with Crippen LogP contribution in [0.5, 0.6) is 5.88 Å². The van der Waals surface area contributed by atoms with Gasteiger partial charge in [-0.05, 0) is 49.4 Å². The maximum Gasteiger partial charge on any atom is 0.348 e. The number of aromatic nitrogens is 2. The molecule has 2 saturated carbocycles. The van der Waals surface area contributed by atoms with Gasteiger partial charge in [-0.15, -0.1) is 0 Å². The summed E-state index contributed by atoms with van der Waals surface area (Å²) in [6, 6.07) is 1.71. The van der Waals surface area contributed by atoms with Crippen molar-refractivity contribution < 1.29 is 9.53 Å². The first kappa shape index (κ1) is 18.9. The highest BCUT2D eigenvalue weighted by Gasteiger charge is 2.31. The number of aromatic amines is 1. The van der Waals surface area contributed by atoms with E-state index in [0.717, 1.165) is 30.5 Å². The monoisotopic (exact) mass is 361 g/mol. The summed E-state index contributed by atoms with van der Waals surface area (Å²) in [4.78, 5) is 30.2. The van der Waals surface area contributed by atoms with Crippen LogP contribution >= 0.6 is 0 Å². The lowest BCUT2D eigenvalue weighted by molar-refractivity contribution is -0.123. The Morgan fingerprint density at radius 3 is 2.73 bits per heavy atom. The van der Waals surface area contributed by atoms with E-state index in [2.05, 4.69) is 29.1 Å². The van der Waals surface area contributed by atoms with E-state index in [1.807, 2.05) is 0 Å². The maximum absolute atomic E-state index is 12.1. The average Bonchev–Trinajstić information content (AvgIpc) is 2.57. The van der Waals surface area contributed by atoms with Crippen molar-refractivity contribution in [3.8, 4) is 5.88 Å². The van der Waals surface area contributed by atoms with Gasteiger partial charge >= 0.3 is 5.69 Å². The van der Waals surface area contributed by atoms with Gasteiger partial charge in [-0.3, -0.25) is 4.79 Å². The fraction of sp³-hybridized carbons (Fsp3) is 0.750. The number of H-pyrrole nitrogens is 1. The molecule has 1 aromatic rings. The molecular weight excluding hydrogens is 330 g/mol. The number of nitrogens with zero attached hydrogens (tertiary/aromatic N) is 1. The third kappa shape index (κ3) is 5.58. The standard InChI is InChI=1S/C20H31N3O3/c1-13(2)6-17-10-19(23-20(25)22-17)26-12-18(24)21-11-16-8-14-4-3-5-15(7-14)9-16/h10,13-16H,3-9,11-12H2,1-2H3,(H,21,24)(H,22,23,25). The van der Waals surface area contributed by atoms with Gasteiger partial charge in [0.15, 0.2) is 6.61 Å². The van der Waals surface area contributed by atoms with Crippen LogP contribution in [0.25, 0.3) is 0 Å². The van der Waals surface area contributed by atoms with Crippen molar-refractivity contribution in [3.63, 3.8) is 0 Å². The van der Waals surface area contributed by atoms with E-state index in [0.29, 0.717) is 11.8 Å². The molecule has 2 N–H and O–H groups in total. The van der Waals surface area contributed by atoms with Crippen LogP contribution in [0, 0.1) is 23.7 Å². The lowest BCUT2D eigenvalue weighted by Gasteiger charge is -2.39. The zero-order valence-corrected chi connectivity index (χ0v) is 15.9. The van der Waals surface area contributed by atoms with Crippen LogP contribution < -0.4 is 15.7 Å². The lowest BCUT2D eigenvalue weighted by atomic mass is 9.68. The molecular formula is C20H31N3O3. The van der Waals surface area contributed by atoms with E-state index in [4.69, 9.17) is 4.74 Å². The van der Waals surface area contributed by atoms with Gasteiger partial charge in [0, 0.05) is 18.3 Å². The number of rotatable bonds is 7. The topological polar surface area (TPSA) is 84.1 Å². The predicted molar refractivity (Wildman–Crippen MR) is 100 cm³/mol. The molecule has 2 fully saturated rings. The number of nitrogens with one attached hydrogen (secondary N) is 2. The van der Waals surface area contributed by atoms with Crippen molar-refractivity contribution in [2.75, 3.05) is 13.2 Å². The molecule has 2 unspecified atom stereocenters. The van der Waals surface area contributed by atoms with Gasteiger partial charge < -0.3 is 15.0 Å². The Morgan fingerprint density at radius 2 is 2.04 bits per heavy atom. The first-order chi connectivity index (χ1) is 12.5. The first-order valence-corrected chi connectivity index (χ1v) is 9.97. The van der Waals surface area contributed by atoms with Gasteiger partial charge in [0.1, 0.15) is 0 Å². The van der Waals surface area contributed by atoms with Gasteiger partial charge in [0.2, 0.25) is 5.88 Å². The van der Waals surface area contributed by atoms with E-state index in [-0.39, 0.29) is 18.4 Å². The zero-order valence-electron chi connectivity index (χ0n) is 15.9. The van der Waals surface area contributed by atoms with E-state index in [9.17, 15) is 9.59 Å². The van der Waals surface area contributed by atoms with E-state index < -0.39 is 5.69 Å². The summed E-state index contributed by atoms with van der Waals surface area (Å²) >= 11 is 0.